The standard InChI is InChI=1S/C15H6Br2Cl6O/c16-3-7-11(20)5(1-9(18)13(7)22)15(24)6-2-10(19)14(23)8(4-17)12(6)21/h1-2H,3-4H2. The summed E-state index contributed by atoms with van der Waals surface area (Å²) in [6.45, 7) is 0. The van der Waals surface area contributed by atoms with Crippen molar-refractivity contribution in [3.05, 3.63) is 64.5 Å². The van der Waals surface area contributed by atoms with Gasteiger partial charge in [0, 0.05) is 32.9 Å². The number of hydrogen-bond acceptors (Lipinski definition) is 1. The van der Waals surface area contributed by atoms with E-state index in [2.05, 4.69) is 31.9 Å². The molecule has 0 heterocycles. The summed E-state index contributed by atoms with van der Waals surface area (Å²) in [4.78, 5) is 12.9. The largest absolute Gasteiger partial charge is 0.288 e. The zero-order chi connectivity index (χ0) is 18.2. The first-order chi connectivity index (χ1) is 11.2. The van der Waals surface area contributed by atoms with E-state index in [0.717, 1.165) is 0 Å². The Hall–Kier alpha value is 0.810. The summed E-state index contributed by atoms with van der Waals surface area (Å²) < 4.78 is 0. The number of carbonyl (C=O) groups is 1. The molecule has 0 unspecified atom stereocenters. The van der Waals surface area contributed by atoms with Crippen molar-refractivity contribution in [3.8, 4) is 0 Å². The molecule has 0 radical (unpaired) electrons. The monoisotopic (exact) mass is 570 g/mol. The third-order valence-corrected chi connectivity index (χ3v) is 6.89. The second kappa shape index (κ2) is 8.67. The van der Waals surface area contributed by atoms with Gasteiger partial charge in [0.15, 0.2) is 5.78 Å². The first kappa shape index (κ1) is 21.1. The Morgan fingerprint density at radius 3 is 1.33 bits per heavy atom. The molecule has 0 aliphatic carbocycles. The highest BCUT2D eigenvalue weighted by atomic mass is 79.9. The van der Waals surface area contributed by atoms with E-state index in [1.807, 2.05) is 0 Å². The summed E-state index contributed by atoms with van der Waals surface area (Å²) in [6, 6.07) is 2.82. The van der Waals surface area contributed by atoms with Crippen LogP contribution in [0.25, 0.3) is 0 Å². The molecule has 24 heavy (non-hydrogen) atoms. The first-order valence-electron chi connectivity index (χ1n) is 6.23. The van der Waals surface area contributed by atoms with Gasteiger partial charge in [-0.15, -0.1) is 0 Å². The molecule has 0 fully saturated rings. The van der Waals surface area contributed by atoms with Crippen LogP contribution in [0, 0.1) is 0 Å². The summed E-state index contributed by atoms with van der Waals surface area (Å²) in [6.07, 6.45) is 0. The molecule has 0 bridgehead atoms. The van der Waals surface area contributed by atoms with Crippen molar-refractivity contribution in [3.63, 3.8) is 0 Å². The van der Waals surface area contributed by atoms with Crippen molar-refractivity contribution < 1.29 is 4.79 Å². The Morgan fingerprint density at radius 2 is 1.04 bits per heavy atom. The van der Waals surface area contributed by atoms with Crippen LogP contribution in [0.5, 0.6) is 0 Å². The Bertz CT molecular complexity index is 770. The molecule has 0 N–H and O–H groups in total. The van der Waals surface area contributed by atoms with E-state index in [1.165, 1.54) is 12.1 Å². The van der Waals surface area contributed by atoms with Crippen LogP contribution in [0.4, 0.5) is 0 Å². The minimum atomic E-state index is -0.425. The van der Waals surface area contributed by atoms with E-state index in [1.54, 1.807) is 0 Å². The van der Waals surface area contributed by atoms with Gasteiger partial charge in [-0.05, 0) is 12.1 Å². The zero-order valence-corrected chi connectivity index (χ0v) is 19.2. The molecule has 0 spiro atoms. The molecule has 0 saturated carbocycles. The fourth-order valence-electron chi connectivity index (χ4n) is 2.02. The summed E-state index contributed by atoms with van der Waals surface area (Å²) in [5, 5.41) is 2.10. The molecule has 0 saturated heterocycles. The number of carbonyl (C=O) groups excluding carboxylic acids is 1. The summed E-state index contributed by atoms with van der Waals surface area (Å²) in [7, 11) is 0. The summed E-state index contributed by atoms with van der Waals surface area (Å²) in [5.74, 6) is -0.425. The highest BCUT2D eigenvalue weighted by Gasteiger charge is 2.24. The number of ketones is 1. The number of halogens is 8. The van der Waals surface area contributed by atoms with Crippen LogP contribution in [0.1, 0.15) is 27.0 Å². The lowest BCUT2D eigenvalue weighted by molar-refractivity contribution is 0.103. The maximum atomic E-state index is 12.9. The lowest BCUT2D eigenvalue weighted by atomic mass is 9.99. The van der Waals surface area contributed by atoms with Gasteiger partial charge >= 0.3 is 0 Å². The third kappa shape index (κ3) is 3.89. The Kier molecular flexibility index (Phi) is 7.62. The molecule has 0 atom stereocenters. The van der Waals surface area contributed by atoms with E-state index in [4.69, 9.17) is 69.6 Å². The fraction of sp³-hybridized carbons (Fsp3) is 0.133. The maximum absolute atomic E-state index is 12.9. The van der Waals surface area contributed by atoms with Crippen LogP contribution >= 0.6 is 101 Å². The molecule has 0 aliphatic heterocycles. The lowest BCUT2D eigenvalue weighted by Gasteiger charge is -2.14. The van der Waals surface area contributed by atoms with Gasteiger partial charge < -0.3 is 0 Å². The lowest BCUT2D eigenvalue weighted by Crippen LogP contribution is -2.07. The quantitative estimate of drug-likeness (QED) is 0.203. The Morgan fingerprint density at radius 1 is 0.708 bits per heavy atom. The average Bonchev–Trinajstić information content (AvgIpc) is 2.55. The van der Waals surface area contributed by atoms with Crippen LogP contribution in [-0.2, 0) is 10.7 Å². The minimum Gasteiger partial charge on any atom is -0.288 e. The molecule has 9 heteroatoms. The molecule has 2 rings (SSSR count). The second-order valence-electron chi connectivity index (χ2n) is 4.62. The van der Waals surface area contributed by atoms with Crippen molar-refractivity contribution in [2.75, 3.05) is 0 Å². The van der Waals surface area contributed by atoms with Gasteiger partial charge in [-0.2, -0.15) is 0 Å². The van der Waals surface area contributed by atoms with Gasteiger partial charge in [-0.25, -0.2) is 0 Å². The molecule has 0 aromatic heterocycles. The molecular formula is C15H6Br2Cl6O. The Balaban J connectivity index is 2.71. The highest BCUT2D eigenvalue weighted by Crippen LogP contribution is 2.40. The number of benzene rings is 2. The van der Waals surface area contributed by atoms with Gasteiger partial charge in [0.25, 0.3) is 0 Å². The van der Waals surface area contributed by atoms with Gasteiger partial charge in [0.1, 0.15) is 0 Å². The molecule has 2 aromatic carbocycles. The summed E-state index contributed by atoms with van der Waals surface area (Å²) >= 11 is 43.7. The Labute approximate surface area is 185 Å². The second-order valence-corrected chi connectivity index (χ2v) is 8.07. The van der Waals surface area contributed by atoms with E-state index in [0.29, 0.717) is 21.8 Å². The van der Waals surface area contributed by atoms with Gasteiger partial charge in [0.2, 0.25) is 0 Å². The molecule has 0 amide bonds. The van der Waals surface area contributed by atoms with Crippen molar-refractivity contribution in [2.45, 2.75) is 10.7 Å². The molecule has 2 aromatic rings. The topological polar surface area (TPSA) is 17.1 Å². The van der Waals surface area contributed by atoms with Crippen LogP contribution in [0.15, 0.2) is 12.1 Å². The van der Waals surface area contributed by atoms with Crippen molar-refractivity contribution >= 4 is 107 Å². The van der Waals surface area contributed by atoms with E-state index < -0.39 is 5.78 Å². The molecule has 1 nitrogen and oxygen atoms in total. The van der Waals surface area contributed by atoms with Crippen LogP contribution in [0.3, 0.4) is 0 Å². The van der Waals surface area contributed by atoms with E-state index >= 15 is 0 Å². The smallest absolute Gasteiger partial charge is 0.196 e. The molecular weight excluding hydrogens is 569 g/mol. The van der Waals surface area contributed by atoms with Crippen molar-refractivity contribution in [1.29, 1.82) is 0 Å². The van der Waals surface area contributed by atoms with Crippen molar-refractivity contribution in [2.24, 2.45) is 0 Å². The predicted octanol–water partition coefficient (Wildman–Crippen LogP) is 8.63. The highest BCUT2D eigenvalue weighted by molar-refractivity contribution is 9.08. The summed E-state index contributed by atoms with van der Waals surface area (Å²) in [5.41, 5.74) is 1.40. The third-order valence-electron chi connectivity index (χ3n) is 3.25. The normalized spacial score (nSPS) is 11.0. The molecule has 128 valence electrons. The average molecular weight is 575 g/mol. The van der Waals surface area contributed by atoms with Gasteiger partial charge in [-0.1, -0.05) is 101 Å². The van der Waals surface area contributed by atoms with Gasteiger partial charge in [-0.3, -0.25) is 4.79 Å². The number of alkyl halides is 2. The number of hydrogen-bond donors (Lipinski definition) is 0. The van der Waals surface area contributed by atoms with E-state index in [9.17, 15) is 4.79 Å². The van der Waals surface area contributed by atoms with Crippen molar-refractivity contribution in [1.82, 2.24) is 0 Å². The fourth-order valence-corrected chi connectivity index (χ4v) is 5.37. The first-order valence-corrected chi connectivity index (χ1v) is 10.7. The minimum absolute atomic E-state index is 0.182. The van der Waals surface area contributed by atoms with Crippen LogP contribution < -0.4 is 0 Å². The van der Waals surface area contributed by atoms with E-state index in [-0.39, 0.29) is 41.3 Å². The SMILES string of the molecule is O=C(c1cc(Cl)c(Cl)c(CBr)c1Cl)c1cc(Cl)c(Cl)c(CBr)c1Cl. The predicted molar refractivity (Wildman–Crippen MR) is 112 cm³/mol. The maximum Gasteiger partial charge on any atom is 0.196 e. The number of rotatable bonds is 4. The van der Waals surface area contributed by atoms with Crippen LogP contribution in [-0.4, -0.2) is 5.78 Å². The van der Waals surface area contributed by atoms with Gasteiger partial charge in [0.05, 0.1) is 30.1 Å². The molecule has 0 aliphatic rings. The van der Waals surface area contributed by atoms with Crippen LogP contribution in [0.2, 0.25) is 30.1 Å². The zero-order valence-electron chi connectivity index (χ0n) is 11.5.